The summed E-state index contributed by atoms with van der Waals surface area (Å²) in [5, 5.41) is 19.2. The van der Waals surface area contributed by atoms with E-state index in [-0.39, 0.29) is 0 Å². The Kier molecular flexibility index (Phi) is 2.25. The van der Waals surface area contributed by atoms with Crippen LogP contribution in [0.5, 0.6) is 0 Å². The molecule has 0 aromatic heterocycles. The van der Waals surface area contributed by atoms with Crippen LogP contribution in [0.1, 0.15) is 12.0 Å². The number of aliphatic imine (C=N–C) groups is 1. The van der Waals surface area contributed by atoms with Gasteiger partial charge >= 0.3 is 5.97 Å². The van der Waals surface area contributed by atoms with Gasteiger partial charge in [0, 0.05) is 16.8 Å². The number of carbonyl (C=O) groups is 1. The van der Waals surface area contributed by atoms with Crippen LogP contribution in [0.4, 0.5) is 5.69 Å². The Morgan fingerprint density at radius 3 is 2.93 bits per heavy atom. The zero-order valence-electron chi connectivity index (χ0n) is 7.64. The maximum Gasteiger partial charge on any atom is 0.307 e. The summed E-state index contributed by atoms with van der Waals surface area (Å²) in [6.07, 6.45) is 0.841. The SMILES string of the molecule is O=C(O)CC1(O)C=Nc2cc(Cl)ccc21. The lowest BCUT2D eigenvalue weighted by atomic mass is 9.93. The average molecular weight is 226 g/mol. The highest BCUT2D eigenvalue weighted by Crippen LogP contribution is 2.38. The molecule has 2 rings (SSSR count). The lowest BCUT2D eigenvalue weighted by Crippen LogP contribution is -2.28. The van der Waals surface area contributed by atoms with Crippen LogP contribution < -0.4 is 0 Å². The lowest BCUT2D eigenvalue weighted by Gasteiger charge is -2.18. The van der Waals surface area contributed by atoms with Crippen molar-refractivity contribution in [2.24, 2.45) is 4.99 Å². The molecule has 0 amide bonds. The van der Waals surface area contributed by atoms with Crippen molar-refractivity contribution in [2.75, 3.05) is 0 Å². The monoisotopic (exact) mass is 225 g/mol. The second kappa shape index (κ2) is 3.32. The molecule has 0 spiro atoms. The number of hydrogen-bond acceptors (Lipinski definition) is 3. The van der Waals surface area contributed by atoms with Gasteiger partial charge in [0.1, 0.15) is 5.60 Å². The van der Waals surface area contributed by atoms with Gasteiger partial charge in [-0.25, -0.2) is 0 Å². The van der Waals surface area contributed by atoms with Gasteiger partial charge in [-0.2, -0.15) is 0 Å². The normalized spacial score (nSPS) is 22.8. The maximum atomic E-state index is 10.6. The number of aliphatic carboxylic acids is 1. The van der Waals surface area contributed by atoms with E-state index in [1.54, 1.807) is 18.2 Å². The molecule has 1 aromatic carbocycles. The summed E-state index contributed by atoms with van der Waals surface area (Å²) in [5.41, 5.74) is -0.508. The predicted molar refractivity (Wildman–Crippen MR) is 55.8 cm³/mol. The van der Waals surface area contributed by atoms with E-state index in [1.165, 1.54) is 6.21 Å². The minimum Gasteiger partial charge on any atom is -0.481 e. The molecule has 1 atom stereocenters. The second-order valence-corrected chi connectivity index (χ2v) is 3.85. The molecular weight excluding hydrogens is 218 g/mol. The van der Waals surface area contributed by atoms with Gasteiger partial charge < -0.3 is 10.2 Å². The molecule has 0 saturated carbocycles. The third kappa shape index (κ3) is 1.73. The van der Waals surface area contributed by atoms with E-state index in [1.807, 2.05) is 0 Å². The smallest absolute Gasteiger partial charge is 0.307 e. The second-order valence-electron chi connectivity index (χ2n) is 3.41. The summed E-state index contributed by atoms with van der Waals surface area (Å²) in [4.78, 5) is 14.5. The standard InChI is InChI=1S/C10H8ClNO3/c11-6-1-2-7-8(3-6)12-5-10(7,15)4-9(13)14/h1-3,5,15H,4H2,(H,13,14). The van der Waals surface area contributed by atoms with E-state index >= 15 is 0 Å². The summed E-state index contributed by atoms with van der Waals surface area (Å²) >= 11 is 5.75. The molecule has 4 nitrogen and oxygen atoms in total. The molecule has 0 bridgehead atoms. The van der Waals surface area contributed by atoms with Crippen molar-refractivity contribution >= 4 is 29.5 Å². The molecule has 1 aromatic rings. The Bertz CT molecular complexity index is 458. The van der Waals surface area contributed by atoms with E-state index < -0.39 is 18.0 Å². The molecule has 0 saturated heterocycles. The van der Waals surface area contributed by atoms with Crippen LogP contribution in [0.25, 0.3) is 0 Å². The number of nitrogens with zero attached hydrogens (tertiary/aromatic N) is 1. The number of fused-ring (bicyclic) bond motifs is 1. The largest absolute Gasteiger partial charge is 0.481 e. The molecule has 0 radical (unpaired) electrons. The van der Waals surface area contributed by atoms with E-state index in [0.29, 0.717) is 16.3 Å². The number of halogens is 1. The molecule has 1 aliphatic heterocycles. The molecule has 15 heavy (non-hydrogen) atoms. The maximum absolute atomic E-state index is 10.6. The summed E-state index contributed by atoms with van der Waals surface area (Å²) in [5.74, 6) is -1.08. The molecule has 0 fully saturated rings. The summed E-state index contributed by atoms with van der Waals surface area (Å²) in [6, 6.07) is 4.78. The van der Waals surface area contributed by atoms with Crippen LogP contribution in [-0.2, 0) is 10.4 Å². The van der Waals surface area contributed by atoms with E-state index in [0.717, 1.165) is 0 Å². The highest BCUT2D eigenvalue weighted by Gasteiger charge is 2.36. The Labute approximate surface area is 90.8 Å². The zero-order valence-corrected chi connectivity index (χ0v) is 8.40. The van der Waals surface area contributed by atoms with Crippen molar-refractivity contribution in [1.82, 2.24) is 0 Å². The first-order chi connectivity index (χ1) is 7.01. The topological polar surface area (TPSA) is 69.9 Å². The fourth-order valence-electron chi connectivity index (χ4n) is 1.59. The Morgan fingerprint density at radius 2 is 2.27 bits per heavy atom. The highest BCUT2D eigenvalue weighted by atomic mass is 35.5. The van der Waals surface area contributed by atoms with Crippen LogP contribution in [0.2, 0.25) is 5.02 Å². The quantitative estimate of drug-likeness (QED) is 0.805. The van der Waals surface area contributed by atoms with Crippen molar-refractivity contribution in [3.8, 4) is 0 Å². The highest BCUT2D eigenvalue weighted by molar-refractivity contribution is 6.30. The Balaban J connectivity index is 2.44. The van der Waals surface area contributed by atoms with Gasteiger partial charge in [-0.1, -0.05) is 17.7 Å². The number of carboxylic acids is 1. The summed E-state index contributed by atoms with van der Waals surface area (Å²) in [7, 11) is 0. The molecule has 1 unspecified atom stereocenters. The van der Waals surface area contributed by atoms with Gasteiger partial charge in [0.25, 0.3) is 0 Å². The predicted octanol–water partition coefficient (Wildman–Crippen LogP) is 1.72. The zero-order chi connectivity index (χ0) is 11.1. The van der Waals surface area contributed by atoms with Gasteiger partial charge in [0.15, 0.2) is 0 Å². The number of benzene rings is 1. The first-order valence-corrected chi connectivity index (χ1v) is 4.68. The van der Waals surface area contributed by atoms with E-state index in [4.69, 9.17) is 16.7 Å². The van der Waals surface area contributed by atoms with Crippen LogP contribution in [0.15, 0.2) is 23.2 Å². The van der Waals surface area contributed by atoms with Crippen LogP contribution >= 0.6 is 11.6 Å². The first-order valence-electron chi connectivity index (χ1n) is 4.31. The fourth-order valence-corrected chi connectivity index (χ4v) is 1.76. The number of carboxylic acid groups (broad SMARTS) is 1. The van der Waals surface area contributed by atoms with Crippen molar-refractivity contribution in [1.29, 1.82) is 0 Å². The summed E-state index contributed by atoms with van der Waals surface area (Å²) < 4.78 is 0. The minimum absolute atomic E-state index is 0.398. The molecular formula is C10H8ClNO3. The van der Waals surface area contributed by atoms with Crippen LogP contribution in [0.3, 0.4) is 0 Å². The van der Waals surface area contributed by atoms with E-state index in [9.17, 15) is 9.90 Å². The number of aliphatic hydroxyl groups is 1. The average Bonchev–Trinajstić information content (AvgIpc) is 2.42. The molecule has 78 valence electrons. The lowest BCUT2D eigenvalue weighted by molar-refractivity contribution is -0.140. The first kappa shape index (κ1) is 10.1. The fraction of sp³-hybridized carbons (Fsp3) is 0.200. The van der Waals surface area contributed by atoms with Crippen LogP contribution in [0, 0.1) is 0 Å². The van der Waals surface area contributed by atoms with Crippen molar-refractivity contribution in [2.45, 2.75) is 12.0 Å². The van der Waals surface area contributed by atoms with Gasteiger partial charge in [0.2, 0.25) is 0 Å². The summed E-state index contributed by atoms with van der Waals surface area (Å²) in [6.45, 7) is 0. The van der Waals surface area contributed by atoms with Gasteiger partial charge in [-0.05, 0) is 12.1 Å². The van der Waals surface area contributed by atoms with Gasteiger partial charge in [0.05, 0.1) is 12.1 Å². The van der Waals surface area contributed by atoms with Crippen LogP contribution in [-0.4, -0.2) is 22.4 Å². The molecule has 2 N–H and O–H groups in total. The molecule has 1 aliphatic rings. The molecule has 0 aliphatic carbocycles. The van der Waals surface area contributed by atoms with Crippen molar-refractivity contribution in [3.05, 3.63) is 28.8 Å². The van der Waals surface area contributed by atoms with Gasteiger partial charge in [-0.15, -0.1) is 0 Å². The molecule has 5 heteroatoms. The van der Waals surface area contributed by atoms with Crippen molar-refractivity contribution in [3.63, 3.8) is 0 Å². The van der Waals surface area contributed by atoms with Crippen molar-refractivity contribution < 1.29 is 15.0 Å². The Morgan fingerprint density at radius 1 is 1.53 bits per heavy atom. The van der Waals surface area contributed by atoms with E-state index in [2.05, 4.69) is 4.99 Å². The third-order valence-corrected chi connectivity index (χ3v) is 2.50. The van der Waals surface area contributed by atoms with Gasteiger partial charge in [-0.3, -0.25) is 9.79 Å². The number of rotatable bonds is 2. The Hall–Kier alpha value is -1.39. The number of hydrogen-bond donors (Lipinski definition) is 2. The third-order valence-electron chi connectivity index (χ3n) is 2.26. The minimum atomic E-state index is -1.51. The molecule has 1 heterocycles.